The molecule has 1 aromatic carbocycles. The quantitative estimate of drug-likeness (QED) is 0.778. The molecule has 1 unspecified atom stereocenters. The Kier molecular flexibility index (Phi) is 5.90. The van der Waals surface area contributed by atoms with Crippen molar-refractivity contribution in [2.45, 2.75) is 12.6 Å². The smallest absolute Gasteiger partial charge is 0.0701 e. The summed E-state index contributed by atoms with van der Waals surface area (Å²) in [6.45, 7) is 1.34. The van der Waals surface area contributed by atoms with Gasteiger partial charge in [-0.15, -0.1) is 11.3 Å². The van der Waals surface area contributed by atoms with Crippen molar-refractivity contribution in [2.24, 2.45) is 5.73 Å². The van der Waals surface area contributed by atoms with E-state index in [4.69, 9.17) is 28.9 Å². The number of nitrogens with two attached hydrogens (primary N) is 1. The molecule has 0 saturated carbocycles. The Bertz CT molecular complexity index is 568. The molecule has 20 heavy (non-hydrogen) atoms. The van der Waals surface area contributed by atoms with Crippen molar-refractivity contribution in [1.29, 1.82) is 0 Å². The van der Waals surface area contributed by atoms with Crippen molar-refractivity contribution in [3.8, 4) is 0 Å². The minimum Gasteiger partial charge on any atom is -0.329 e. The van der Waals surface area contributed by atoms with Crippen molar-refractivity contribution >= 4 is 50.5 Å². The number of likely N-dealkylation sites (N-methyl/N-ethyl adjacent to an activating group) is 1. The van der Waals surface area contributed by atoms with E-state index in [1.807, 2.05) is 12.1 Å². The molecule has 0 aliphatic heterocycles. The highest BCUT2D eigenvalue weighted by molar-refractivity contribution is 9.11. The Labute approximate surface area is 141 Å². The van der Waals surface area contributed by atoms with Gasteiger partial charge in [0.05, 0.1) is 3.79 Å². The second-order valence-electron chi connectivity index (χ2n) is 4.63. The van der Waals surface area contributed by atoms with Crippen molar-refractivity contribution in [2.75, 3.05) is 13.6 Å². The van der Waals surface area contributed by atoms with Crippen LogP contribution in [-0.2, 0) is 6.54 Å². The fourth-order valence-corrected chi connectivity index (χ4v) is 3.91. The van der Waals surface area contributed by atoms with Gasteiger partial charge in [0.1, 0.15) is 0 Å². The summed E-state index contributed by atoms with van der Waals surface area (Å²) in [5.74, 6) is 0. The predicted molar refractivity (Wildman–Crippen MR) is 91.7 cm³/mol. The maximum atomic E-state index is 6.07. The van der Waals surface area contributed by atoms with Crippen LogP contribution >= 0.6 is 50.5 Å². The predicted octanol–water partition coefficient (Wildman–Crippen LogP) is 4.95. The third kappa shape index (κ3) is 4.20. The largest absolute Gasteiger partial charge is 0.329 e. The standard InChI is InChI=1S/C14H15BrCl2N2S/c1-19(7-9-2-14(15)20-8-9)13(6-18)10-3-11(16)5-12(17)4-10/h2-5,8,13H,6-7,18H2,1H3. The molecular weight excluding hydrogens is 379 g/mol. The highest BCUT2D eigenvalue weighted by atomic mass is 79.9. The highest BCUT2D eigenvalue weighted by Gasteiger charge is 2.17. The van der Waals surface area contributed by atoms with Crippen LogP contribution in [0.25, 0.3) is 0 Å². The van der Waals surface area contributed by atoms with Gasteiger partial charge in [-0.3, -0.25) is 4.90 Å². The maximum Gasteiger partial charge on any atom is 0.0701 e. The van der Waals surface area contributed by atoms with Crippen molar-refractivity contribution in [1.82, 2.24) is 4.90 Å². The van der Waals surface area contributed by atoms with Gasteiger partial charge in [-0.05, 0) is 63.8 Å². The Morgan fingerprint density at radius 2 is 1.90 bits per heavy atom. The monoisotopic (exact) mass is 392 g/mol. The van der Waals surface area contributed by atoms with E-state index in [2.05, 4.69) is 39.3 Å². The molecule has 1 atom stereocenters. The lowest BCUT2D eigenvalue weighted by molar-refractivity contribution is 0.242. The number of benzene rings is 1. The first-order valence-electron chi connectivity index (χ1n) is 6.09. The SMILES string of the molecule is CN(Cc1csc(Br)c1)C(CN)c1cc(Cl)cc(Cl)c1. The third-order valence-electron chi connectivity index (χ3n) is 3.08. The van der Waals surface area contributed by atoms with E-state index in [-0.39, 0.29) is 6.04 Å². The van der Waals surface area contributed by atoms with Gasteiger partial charge in [-0.1, -0.05) is 23.2 Å². The lowest BCUT2D eigenvalue weighted by atomic mass is 10.1. The molecular formula is C14H15BrCl2N2S. The molecule has 0 bridgehead atoms. The summed E-state index contributed by atoms with van der Waals surface area (Å²) < 4.78 is 1.14. The van der Waals surface area contributed by atoms with Gasteiger partial charge in [-0.2, -0.15) is 0 Å². The molecule has 0 aliphatic carbocycles. The summed E-state index contributed by atoms with van der Waals surface area (Å²) in [5.41, 5.74) is 8.23. The Balaban J connectivity index is 2.18. The Morgan fingerprint density at radius 3 is 2.40 bits per heavy atom. The molecule has 2 nitrogen and oxygen atoms in total. The number of rotatable bonds is 5. The van der Waals surface area contributed by atoms with Crippen molar-refractivity contribution in [3.05, 3.63) is 54.6 Å². The van der Waals surface area contributed by atoms with Gasteiger partial charge in [0.15, 0.2) is 0 Å². The molecule has 0 radical (unpaired) electrons. The number of hydrogen-bond donors (Lipinski definition) is 1. The summed E-state index contributed by atoms with van der Waals surface area (Å²) in [5, 5.41) is 3.41. The normalized spacial score (nSPS) is 12.9. The minimum absolute atomic E-state index is 0.0878. The van der Waals surface area contributed by atoms with Crippen LogP contribution in [0.15, 0.2) is 33.4 Å². The second-order valence-corrected chi connectivity index (χ2v) is 7.79. The first-order valence-corrected chi connectivity index (χ1v) is 8.51. The van der Waals surface area contributed by atoms with E-state index in [0.717, 1.165) is 15.9 Å². The van der Waals surface area contributed by atoms with E-state index in [1.165, 1.54) is 5.56 Å². The molecule has 0 saturated heterocycles. The van der Waals surface area contributed by atoms with Gasteiger partial charge in [0.25, 0.3) is 0 Å². The number of halogens is 3. The molecule has 1 aromatic heterocycles. The van der Waals surface area contributed by atoms with Gasteiger partial charge in [-0.25, -0.2) is 0 Å². The molecule has 0 spiro atoms. The first kappa shape index (κ1) is 16.3. The van der Waals surface area contributed by atoms with Gasteiger partial charge >= 0.3 is 0 Å². The average molecular weight is 394 g/mol. The first-order chi connectivity index (χ1) is 9.49. The van der Waals surface area contributed by atoms with Crippen LogP contribution in [0.1, 0.15) is 17.2 Å². The summed E-state index contributed by atoms with van der Waals surface area (Å²) in [6.07, 6.45) is 0. The fraction of sp³-hybridized carbons (Fsp3) is 0.286. The number of nitrogens with zero attached hydrogens (tertiary/aromatic N) is 1. The van der Waals surface area contributed by atoms with Crippen LogP contribution in [0.4, 0.5) is 0 Å². The van der Waals surface area contributed by atoms with Crippen LogP contribution < -0.4 is 5.73 Å². The molecule has 2 aromatic rings. The Morgan fingerprint density at radius 1 is 1.25 bits per heavy atom. The Hall–Kier alpha value is -0.100. The lowest BCUT2D eigenvalue weighted by Crippen LogP contribution is -2.30. The van der Waals surface area contributed by atoms with E-state index >= 15 is 0 Å². The van der Waals surface area contributed by atoms with E-state index in [1.54, 1.807) is 17.4 Å². The fourth-order valence-electron chi connectivity index (χ4n) is 2.16. The third-order valence-corrected chi connectivity index (χ3v) is 5.07. The van der Waals surface area contributed by atoms with E-state index < -0.39 is 0 Å². The average Bonchev–Trinajstić information content (AvgIpc) is 2.74. The summed E-state index contributed by atoms with van der Waals surface area (Å²) >= 11 is 17.3. The molecule has 2 N–H and O–H groups in total. The van der Waals surface area contributed by atoms with Gasteiger partial charge < -0.3 is 5.73 Å². The molecule has 2 rings (SSSR count). The van der Waals surface area contributed by atoms with Crippen LogP contribution in [0.3, 0.4) is 0 Å². The van der Waals surface area contributed by atoms with Crippen LogP contribution in [0.2, 0.25) is 10.0 Å². The summed E-state index contributed by atoms with van der Waals surface area (Å²) in [7, 11) is 2.05. The second kappa shape index (κ2) is 7.25. The zero-order valence-electron chi connectivity index (χ0n) is 10.9. The van der Waals surface area contributed by atoms with Gasteiger partial charge in [0.2, 0.25) is 0 Å². The highest BCUT2D eigenvalue weighted by Crippen LogP contribution is 2.28. The maximum absolute atomic E-state index is 6.07. The molecule has 1 heterocycles. The van der Waals surface area contributed by atoms with Crippen molar-refractivity contribution < 1.29 is 0 Å². The molecule has 108 valence electrons. The van der Waals surface area contributed by atoms with E-state index in [9.17, 15) is 0 Å². The number of thiophene rings is 1. The number of hydrogen-bond acceptors (Lipinski definition) is 3. The van der Waals surface area contributed by atoms with Crippen LogP contribution in [0, 0.1) is 0 Å². The van der Waals surface area contributed by atoms with Crippen LogP contribution in [0.5, 0.6) is 0 Å². The molecule has 0 aliphatic rings. The van der Waals surface area contributed by atoms with Crippen molar-refractivity contribution in [3.63, 3.8) is 0 Å². The molecule has 0 fully saturated rings. The zero-order valence-corrected chi connectivity index (χ0v) is 14.9. The van der Waals surface area contributed by atoms with Gasteiger partial charge in [0, 0.05) is 29.2 Å². The molecule has 6 heteroatoms. The summed E-state index contributed by atoms with van der Waals surface area (Å²) in [4.78, 5) is 2.20. The topological polar surface area (TPSA) is 29.3 Å². The summed E-state index contributed by atoms with van der Waals surface area (Å²) in [6, 6.07) is 7.79. The lowest BCUT2D eigenvalue weighted by Gasteiger charge is -2.27. The molecule has 0 amide bonds. The minimum atomic E-state index is 0.0878. The zero-order chi connectivity index (χ0) is 14.7. The van der Waals surface area contributed by atoms with E-state index in [0.29, 0.717) is 16.6 Å². The van der Waals surface area contributed by atoms with Crippen LogP contribution in [-0.4, -0.2) is 18.5 Å².